The van der Waals surface area contributed by atoms with Crippen molar-refractivity contribution in [2.75, 3.05) is 12.3 Å². The lowest BCUT2D eigenvalue weighted by Crippen LogP contribution is -2.00. The molecule has 4 nitrogen and oxygen atoms in total. The lowest BCUT2D eigenvalue weighted by molar-refractivity contribution is 0.317. The number of imidazole rings is 1. The minimum absolute atomic E-state index is 0.421. The van der Waals surface area contributed by atoms with E-state index in [4.69, 9.17) is 16.9 Å². The highest BCUT2D eigenvalue weighted by molar-refractivity contribution is 5.71. The van der Waals surface area contributed by atoms with Gasteiger partial charge < -0.3 is 15.0 Å². The van der Waals surface area contributed by atoms with Crippen LogP contribution in [0, 0.1) is 12.3 Å². The largest absolute Gasteiger partial charge is 0.494 e. The van der Waals surface area contributed by atoms with Gasteiger partial charge >= 0.3 is 0 Å². The molecule has 0 atom stereocenters. The number of aromatic nitrogens is 2. The lowest BCUT2D eigenvalue weighted by Gasteiger charge is -2.06. The Bertz CT molecular complexity index is 596. The summed E-state index contributed by atoms with van der Waals surface area (Å²) >= 11 is 0. The fourth-order valence-electron chi connectivity index (χ4n) is 1.79. The molecule has 2 rings (SSSR count). The molecule has 2 N–H and O–H groups in total. The van der Waals surface area contributed by atoms with Crippen LogP contribution in [0.3, 0.4) is 0 Å². The van der Waals surface area contributed by atoms with Crippen LogP contribution in [0.4, 0.5) is 5.82 Å². The van der Waals surface area contributed by atoms with E-state index in [1.54, 1.807) is 10.9 Å². The molecule has 0 aliphatic rings. The van der Waals surface area contributed by atoms with E-state index in [-0.39, 0.29) is 0 Å². The molecule has 0 saturated carbocycles. The number of anilines is 1. The second kappa shape index (κ2) is 5.96. The highest BCUT2D eigenvalue weighted by Crippen LogP contribution is 2.27. The van der Waals surface area contributed by atoms with Gasteiger partial charge in [0.25, 0.3) is 0 Å². The third-order valence-corrected chi connectivity index (χ3v) is 2.72. The minimum atomic E-state index is 0.421. The topological polar surface area (TPSA) is 53.1 Å². The smallest absolute Gasteiger partial charge is 0.132 e. The minimum Gasteiger partial charge on any atom is -0.494 e. The average Bonchev–Trinajstić information content (AvgIpc) is 2.79. The average molecular weight is 255 g/mol. The molecule has 0 fully saturated rings. The maximum atomic E-state index is 6.04. The molecule has 0 aliphatic carbocycles. The summed E-state index contributed by atoms with van der Waals surface area (Å²) in [5.41, 5.74) is 7.70. The molecule has 0 radical (unpaired) electrons. The SMILES string of the molecule is C#CCn1cnc(-c2cccc(OCCC)c2)c1N. The van der Waals surface area contributed by atoms with Crippen LogP contribution in [-0.2, 0) is 6.54 Å². The molecule has 1 aromatic heterocycles. The van der Waals surface area contributed by atoms with Crippen molar-refractivity contribution >= 4 is 5.82 Å². The molecule has 0 saturated heterocycles. The lowest BCUT2D eigenvalue weighted by atomic mass is 10.1. The molecular weight excluding hydrogens is 238 g/mol. The van der Waals surface area contributed by atoms with Crippen LogP contribution in [0.15, 0.2) is 30.6 Å². The van der Waals surface area contributed by atoms with E-state index in [2.05, 4.69) is 17.8 Å². The summed E-state index contributed by atoms with van der Waals surface area (Å²) in [6, 6.07) is 7.75. The number of benzene rings is 1. The highest BCUT2D eigenvalue weighted by atomic mass is 16.5. The van der Waals surface area contributed by atoms with Crippen LogP contribution in [-0.4, -0.2) is 16.2 Å². The van der Waals surface area contributed by atoms with Gasteiger partial charge in [-0.3, -0.25) is 0 Å². The molecule has 19 heavy (non-hydrogen) atoms. The fraction of sp³-hybridized carbons (Fsp3) is 0.267. The van der Waals surface area contributed by atoms with E-state index in [9.17, 15) is 0 Å². The molecule has 0 bridgehead atoms. The molecule has 0 aliphatic heterocycles. The van der Waals surface area contributed by atoms with Crippen LogP contribution >= 0.6 is 0 Å². The predicted molar refractivity (Wildman–Crippen MR) is 76.7 cm³/mol. The molecule has 0 amide bonds. The quantitative estimate of drug-likeness (QED) is 0.835. The van der Waals surface area contributed by atoms with Gasteiger partial charge in [0, 0.05) is 5.56 Å². The van der Waals surface area contributed by atoms with Crippen molar-refractivity contribution in [1.82, 2.24) is 9.55 Å². The van der Waals surface area contributed by atoms with Crippen molar-refractivity contribution < 1.29 is 4.74 Å². The monoisotopic (exact) mass is 255 g/mol. The Labute approximate surface area is 113 Å². The Kier molecular flexibility index (Phi) is 4.09. The molecule has 0 unspecified atom stereocenters. The molecule has 0 spiro atoms. The molecule has 1 aromatic carbocycles. The van der Waals surface area contributed by atoms with Crippen LogP contribution in [0.1, 0.15) is 13.3 Å². The Morgan fingerprint density at radius 3 is 3.05 bits per heavy atom. The zero-order chi connectivity index (χ0) is 13.7. The molecule has 98 valence electrons. The van der Waals surface area contributed by atoms with Gasteiger partial charge in [0.1, 0.15) is 17.3 Å². The number of nitrogens with two attached hydrogens (primary N) is 1. The molecule has 4 heteroatoms. The third kappa shape index (κ3) is 2.89. The second-order valence-electron chi connectivity index (χ2n) is 4.19. The van der Waals surface area contributed by atoms with Crippen molar-refractivity contribution in [1.29, 1.82) is 0 Å². The number of hydrogen-bond donors (Lipinski definition) is 1. The molecule has 1 heterocycles. The maximum Gasteiger partial charge on any atom is 0.132 e. The number of hydrogen-bond acceptors (Lipinski definition) is 3. The number of nitrogens with zero attached hydrogens (tertiary/aromatic N) is 2. The summed E-state index contributed by atoms with van der Waals surface area (Å²) in [7, 11) is 0. The summed E-state index contributed by atoms with van der Waals surface area (Å²) in [6.45, 7) is 3.19. The Morgan fingerprint density at radius 1 is 1.47 bits per heavy atom. The normalized spacial score (nSPS) is 10.1. The van der Waals surface area contributed by atoms with Crippen molar-refractivity contribution in [3.63, 3.8) is 0 Å². The van der Waals surface area contributed by atoms with E-state index >= 15 is 0 Å². The first-order valence-corrected chi connectivity index (χ1v) is 6.23. The van der Waals surface area contributed by atoms with Gasteiger partial charge in [-0.05, 0) is 18.6 Å². The van der Waals surface area contributed by atoms with Gasteiger partial charge in [0.05, 0.1) is 19.5 Å². The van der Waals surface area contributed by atoms with Crippen molar-refractivity contribution in [3.05, 3.63) is 30.6 Å². The van der Waals surface area contributed by atoms with Crippen LogP contribution in [0.25, 0.3) is 11.3 Å². The maximum absolute atomic E-state index is 6.04. The third-order valence-electron chi connectivity index (χ3n) is 2.72. The van der Waals surface area contributed by atoms with Gasteiger partial charge in [-0.15, -0.1) is 6.42 Å². The summed E-state index contributed by atoms with van der Waals surface area (Å²) in [5.74, 6) is 3.95. The van der Waals surface area contributed by atoms with Gasteiger partial charge in [0.2, 0.25) is 0 Å². The Balaban J connectivity index is 2.29. The summed E-state index contributed by atoms with van der Waals surface area (Å²) in [6.07, 6.45) is 7.91. The Morgan fingerprint density at radius 2 is 2.32 bits per heavy atom. The molecular formula is C15H17N3O. The zero-order valence-electron chi connectivity index (χ0n) is 11.0. The highest BCUT2D eigenvalue weighted by Gasteiger charge is 2.10. The van der Waals surface area contributed by atoms with Gasteiger partial charge in [-0.1, -0.05) is 25.0 Å². The van der Waals surface area contributed by atoms with Gasteiger partial charge in [-0.2, -0.15) is 0 Å². The number of terminal acetylenes is 1. The zero-order valence-corrected chi connectivity index (χ0v) is 11.0. The first-order valence-electron chi connectivity index (χ1n) is 6.23. The summed E-state index contributed by atoms with van der Waals surface area (Å²) < 4.78 is 7.35. The van der Waals surface area contributed by atoms with E-state index in [0.29, 0.717) is 19.0 Å². The van der Waals surface area contributed by atoms with Crippen LogP contribution in [0.2, 0.25) is 0 Å². The van der Waals surface area contributed by atoms with Crippen LogP contribution in [0.5, 0.6) is 5.75 Å². The predicted octanol–water partition coefficient (Wildman–Crippen LogP) is 2.55. The van der Waals surface area contributed by atoms with Gasteiger partial charge in [0.15, 0.2) is 0 Å². The van der Waals surface area contributed by atoms with Gasteiger partial charge in [-0.25, -0.2) is 4.98 Å². The van der Waals surface area contributed by atoms with Crippen molar-refractivity contribution in [3.8, 4) is 29.4 Å². The standard InChI is InChI=1S/C15H17N3O/c1-3-8-18-11-17-14(15(18)16)12-6-5-7-13(10-12)19-9-4-2/h1,5-7,10-11H,4,8-9,16H2,2H3. The van der Waals surface area contributed by atoms with Crippen molar-refractivity contribution in [2.24, 2.45) is 0 Å². The van der Waals surface area contributed by atoms with E-state index in [1.165, 1.54) is 0 Å². The first kappa shape index (κ1) is 13.0. The summed E-state index contributed by atoms with van der Waals surface area (Å²) in [4.78, 5) is 4.31. The first-order chi connectivity index (χ1) is 9.26. The summed E-state index contributed by atoms with van der Waals surface area (Å²) in [5, 5.41) is 0. The number of ether oxygens (including phenoxy) is 1. The molecule has 2 aromatic rings. The Hall–Kier alpha value is -2.41. The van der Waals surface area contributed by atoms with Crippen molar-refractivity contribution in [2.45, 2.75) is 19.9 Å². The van der Waals surface area contributed by atoms with E-state index in [1.807, 2.05) is 24.3 Å². The number of rotatable bonds is 5. The fourth-order valence-corrected chi connectivity index (χ4v) is 1.79. The second-order valence-corrected chi connectivity index (χ2v) is 4.19. The van der Waals surface area contributed by atoms with E-state index in [0.717, 1.165) is 23.4 Å². The van der Waals surface area contributed by atoms with Crippen LogP contribution < -0.4 is 10.5 Å². The van der Waals surface area contributed by atoms with E-state index < -0.39 is 0 Å². The number of nitrogen functional groups attached to an aromatic ring is 1.